The lowest BCUT2D eigenvalue weighted by atomic mass is 9.90. The van der Waals surface area contributed by atoms with Crippen LogP contribution in [-0.4, -0.2) is 59.3 Å². The van der Waals surface area contributed by atoms with Crippen molar-refractivity contribution in [3.05, 3.63) is 0 Å². The van der Waals surface area contributed by atoms with E-state index in [9.17, 15) is 14.4 Å². The summed E-state index contributed by atoms with van der Waals surface area (Å²) in [6.07, 6.45) is 21.6. The van der Waals surface area contributed by atoms with Crippen LogP contribution in [-0.2, 0) is 19.1 Å². The lowest BCUT2D eigenvalue weighted by Crippen LogP contribution is -2.20. The standard InChI is InChI=1S/C40H77NO4S2/c1-33(2)22-19-20-31-46-39(43)26-17-13-9-11-15-23-37(45-38(42)25-21-30-41(7)8)24-16-12-10-14-18-27-40(44)47-32-36(35(5)6)29-28-34(3)4/h33-37H,9-32H2,1-8H3. The molecule has 2 atom stereocenters. The first kappa shape index (κ1) is 46.5. The van der Waals surface area contributed by atoms with Crippen molar-refractivity contribution in [1.29, 1.82) is 0 Å². The topological polar surface area (TPSA) is 63.7 Å². The number of carbonyl (C=O) groups is 3. The quantitative estimate of drug-likeness (QED) is 0.0511. The summed E-state index contributed by atoms with van der Waals surface area (Å²) < 4.78 is 5.96. The molecule has 0 amide bonds. The molecule has 278 valence electrons. The highest BCUT2D eigenvalue weighted by atomic mass is 32.2. The molecule has 0 rings (SSSR count). The number of carbonyl (C=O) groups excluding carboxylic acids is 3. The van der Waals surface area contributed by atoms with Gasteiger partial charge in [0.15, 0.2) is 10.2 Å². The Morgan fingerprint density at radius 3 is 1.60 bits per heavy atom. The molecule has 2 unspecified atom stereocenters. The van der Waals surface area contributed by atoms with Gasteiger partial charge in [-0.3, -0.25) is 14.4 Å². The molecule has 47 heavy (non-hydrogen) atoms. The number of rotatable bonds is 32. The molecule has 0 aliphatic rings. The maximum absolute atomic E-state index is 12.5. The maximum Gasteiger partial charge on any atom is 0.306 e. The van der Waals surface area contributed by atoms with Crippen LogP contribution in [0.4, 0.5) is 0 Å². The van der Waals surface area contributed by atoms with Crippen molar-refractivity contribution < 1.29 is 19.1 Å². The van der Waals surface area contributed by atoms with Crippen molar-refractivity contribution in [1.82, 2.24) is 4.90 Å². The summed E-state index contributed by atoms with van der Waals surface area (Å²) in [6.45, 7) is 14.5. The second-order valence-electron chi connectivity index (χ2n) is 15.4. The molecule has 0 bridgehead atoms. The fraction of sp³-hybridized carbons (Fsp3) is 0.925. The summed E-state index contributed by atoms with van der Waals surface area (Å²) in [5, 5.41) is 0.716. The minimum absolute atomic E-state index is 0.0121. The Morgan fingerprint density at radius 1 is 0.553 bits per heavy atom. The molecule has 0 aliphatic carbocycles. The number of ether oxygens (including phenoxy) is 1. The van der Waals surface area contributed by atoms with Gasteiger partial charge in [-0.1, -0.05) is 123 Å². The van der Waals surface area contributed by atoms with E-state index in [4.69, 9.17) is 4.74 Å². The van der Waals surface area contributed by atoms with Crippen LogP contribution in [0, 0.1) is 23.7 Å². The van der Waals surface area contributed by atoms with E-state index in [1.54, 1.807) is 11.8 Å². The largest absolute Gasteiger partial charge is 0.462 e. The van der Waals surface area contributed by atoms with Gasteiger partial charge < -0.3 is 9.64 Å². The van der Waals surface area contributed by atoms with E-state index < -0.39 is 0 Å². The molecule has 0 aromatic rings. The first-order chi connectivity index (χ1) is 22.4. The van der Waals surface area contributed by atoms with Gasteiger partial charge in [-0.25, -0.2) is 0 Å². The molecule has 0 saturated carbocycles. The van der Waals surface area contributed by atoms with Gasteiger partial charge >= 0.3 is 5.97 Å². The van der Waals surface area contributed by atoms with Crippen LogP contribution in [0.25, 0.3) is 0 Å². The average Bonchev–Trinajstić information content (AvgIpc) is 2.98. The van der Waals surface area contributed by atoms with Crippen LogP contribution >= 0.6 is 23.5 Å². The van der Waals surface area contributed by atoms with E-state index in [0.29, 0.717) is 41.3 Å². The van der Waals surface area contributed by atoms with Gasteiger partial charge in [-0.2, -0.15) is 0 Å². The minimum Gasteiger partial charge on any atom is -0.462 e. The Morgan fingerprint density at radius 2 is 1.06 bits per heavy atom. The SMILES string of the molecule is CC(C)CCCCSC(=O)CCCCCCCC(CCCCCCCC(=O)SCC(CCC(C)C)C(C)C)OC(=O)CCCN(C)C. The number of hydrogen-bond donors (Lipinski definition) is 0. The zero-order chi connectivity index (χ0) is 35.3. The molecular weight excluding hydrogens is 623 g/mol. The fourth-order valence-corrected chi connectivity index (χ4v) is 7.84. The zero-order valence-corrected chi connectivity index (χ0v) is 33.9. The Hall–Kier alpha value is -0.530. The third-order valence-corrected chi connectivity index (χ3v) is 11.2. The van der Waals surface area contributed by atoms with Gasteiger partial charge in [-0.15, -0.1) is 0 Å². The van der Waals surface area contributed by atoms with E-state index in [0.717, 1.165) is 120 Å². The highest BCUT2D eigenvalue weighted by Gasteiger charge is 2.17. The molecule has 0 heterocycles. The van der Waals surface area contributed by atoms with Crippen molar-refractivity contribution in [2.45, 2.75) is 182 Å². The number of thioether (sulfide) groups is 2. The molecule has 5 nitrogen and oxygen atoms in total. The highest BCUT2D eigenvalue weighted by molar-refractivity contribution is 8.13. The number of nitrogens with zero attached hydrogens (tertiary/aromatic N) is 1. The molecule has 0 spiro atoms. The van der Waals surface area contributed by atoms with Gasteiger partial charge in [-0.05, 0) is 102 Å². The molecule has 7 heteroatoms. The fourth-order valence-electron chi connectivity index (χ4n) is 5.73. The molecule has 0 fully saturated rings. The van der Waals surface area contributed by atoms with Crippen LogP contribution in [0.3, 0.4) is 0 Å². The molecular formula is C40H77NO4S2. The van der Waals surface area contributed by atoms with Crippen LogP contribution in [0.15, 0.2) is 0 Å². The smallest absolute Gasteiger partial charge is 0.306 e. The predicted molar refractivity (Wildman–Crippen MR) is 208 cm³/mol. The van der Waals surface area contributed by atoms with Gasteiger partial charge in [0, 0.05) is 30.8 Å². The summed E-state index contributed by atoms with van der Waals surface area (Å²) in [6, 6.07) is 0. The van der Waals surface area contributed by atoms with Gasteiger partial charge in [0.2, 0.25) is 0 Å². The lowest BCUT2D eigenvalue weighted by molar-refractivity contribution is -0.150. The van der Waals surface area contributed by atoms with Crippen LogP contribution < -0.4 is 0 Å². The van der Waals surface area contributed by atoms with E-state index >= 15 is 0 Å². The molecule has 0 saturated heterocycles. The number of esters is 1. The Balaban J connectivity index is 4.24. The monoisotopic (exact) mass is 700 g/mol. The van der Waals surface area contributed by atoms with Crippen molar-refractivity contribution in [3.8, 4) is 0 Å². The van der Waals surface area contributed by atoms with E-state index in [2.05, 4.69) is 46.4 Å². The van der Waals surface area contributed by atoms with Crippen LogP contribution in [0.1, 0.15) is 176 Å². The predicted octanol–water partition coefficient (Wildman–Crippen LogP) is 11.8. The third-order valence-electron chi connectivity index (χ3n) is 9.05. The summed E-state index contributed by atoms with van der Waals surface area (Å²) in [5.41, 5.74) is 0. The first-order valence-electron chi connectivity index (χ1n) is 19.6. The molecule has 0 aliphatic heterocycles. The Bertz CT molecular complexity index is 771. The van der Waals surface area contributed by atoms with Crippen molar-refractivity contribution in [2.75, 3.05) is 32.1 Å². The highest BCUT2D eigenvalue weighted by Crippen LogP contribution is 2.26. The summed E-state index contributed by atoms with van der Waals surface area (Å²) in [5.74, 6) is 4.63. The van der Waals surface area contributed by atoms with Gasteiger partial charge in [0.1, 0.15) is 6.10 Å². The molecule has 0 N–H and O–H groups in total. The second kappa shape index (κ2) is 31.5. The zero-order valence-electron chi connectivity index (χ0n) is 32.3. The first-order valence-corrected chi connectivity index (χ1v) is 21.5. The van der Waals surface area contributed by atoms with E-state index in [1.165, 1.54) is 37.4 Å². The van der Waals surface area contributed by atoms with Crippen LogP contribution in [0.2, 0.25) is 0 Å². The van der Waals surface area contributed by atoms with Gasteiger partial charge in [0.25, 0.3) is 0 Å². The van der Waals surface area contributed by atoms with Crippen molar-refractivity contribution in [3.63, 3.8) is 0 Å². The summed E-state index contributed by atoms with van der Waals surface area (Å²) >= 11 is 3.09. The molecule has 0 radical (unpaired) electrons. The lowest BCUT2D eigenvalue weighted by Gasteiger charge is -2.21. The summed E-state index contributed by atoms with van der Waals surface area (Å²) in [4.78, 5) is 39.3. The molecule has 0 aromatic carbocycles. The summed E-state index contributed by atoms with van der Waals surface area (Å²) in [7, 11) is 4.06. The van der Waals surface area contributed by atoms with Gasteiger partial charge in [0.05, 0.1) is 0 Å². The minimum atomic E-state index is -0.0583. The Kier molecular flexibility index (Phi) is 31.1. The number of unbranched alkanes of at least 4 members (excludes halogenated alkanes) is 9. The van der Waals surface area contributed by atoms with E-state index in [1.807, 2.05) is 14.1 Å². The Labute approximate surface area is 301 Å². The maximum atomic E-state index is 12.5. The van der Waals surface area contributed by atoms with Crippen molar-refractivity contribution in [2.24, 2.45) is 23.7 Å². The third kappa shape index (κ3) is 32.4. The normalized spacial score (nSPS) is 13.2. The van der Waals surface area contributed by atoms with Crippen molar-refractivity contribution >= 4 is 39.7 Å². The average molecular weight is 700 g/mol. The van der Waals surface area contributed by atoms with E-state index in [-0.39, 0.29) is 12.1 Å². The molecule has 0 aromatic heterocycles. The number of hydrogen-bond acceptors (Lipinski definition) is 7. The second-order valence-corrected chi connectivity index (χ2v) is 17.6. The van der Waals surface area contributed by atoms with Crippen LogP contribution in [0.5, 0.6) is 0 Å².